The normalized spacial score (nSPS) is 21.2. The van der Waals surface area contributed by atoms with Gasteiger partial charge in [-0.25, -0.2) is 8.42 Å². The average Bonchev–Trinajstić information content (AvgIpc) is 2.81. The van der Waals surface area contributed by atoms with Gasteiger partial charge < -0.3 is 9.88 Å². The Labute approximate surface area is 122 Å². The highest BCUT2D eigenvalue weighted by molar-refractivity contribution is 7.89. The SMILES string of the molecule is CCC1CCCCN1S(=O)(=O)c1cc(CNC)n(C)c1. The molecule has 6 heteroatoms. The van der Waals surface area contributed by atoms with Crippen molar-refractivity contribution in [2.75, 3.05) is 13.6 Å². The molecule has 0 amide bonds. The molecule has 1 saturated heterocycles. The third-order valence-electron chi connectivity index (χ3n) is 4.09. The number of sulfonamides is 1. The van der Waals surface area contributed by atoms with E-state index in [9.17, 15) is 8.42 Å². The van der Waals surface area contributed by atoms with E-state index in [4.69, 9.17) is 0 Å². The van der Waals surface area contributed by atoms with Gasteiger partial charge in [0.05, 0.1) is 0 Å². The number of nitrogens with one attached hydrogen (secondary N) is 1. The van der Waals surface area contributed by atoms with Crippen LogP contribution in [0.4, 0.5) is 0 Å². The lowest BCUT2D eigenvalue weighted by molar-refractivity contribution is 0.246. The summed E-state index contributed by atoms with van der Waals surface area (Å²) >= 11 is 0. The Hall–Kier alpha value is -0.850. The van der Waals surface area contributed by atoms with Crippen molar-refractivity contribution in [3.8, 4) is 0 Å². The topological polar surface area (TPSA) is 54.3 Å². The lowest BCUT2D eigenvalue weighted by Crippen LogP contribution is -2.43. The van der Waals surface area contributed by atoms with Gasteiger partial charge in [-0.1, -0.05) is 13.3 Å². The van der Waals surface area contributed by atoms with Gasteiger partial charge in [0.2, 0.25) is 10.0 Å². The zero-order chi connectivity index (χ0) is 14.8. The van der Waals surface area contributed by atoms with Crippen molar-refractivity contribution in [2.45, 2.75) is 50.1 Å². The molecule has 0 bridgehead atoms. The summed E-state index contributed by atoms with van der Waals surface area (Å²) < 4.78 is 29.2. The van der Waals surface area contributed by atoms with Gasteiger partial charge in [0.1, 0.15) is 4.90 Å². The first-order valence-corrected chi connectivity index (χ1v) is 8.76. The van der Waals surface area contributed by atoms with E-state index >= 15 is 0 Å². The van der Waals surface area contributed by atoms with E-state index in [0.29, 0.717) is 18.0 Å². The average molecular weight is 299 g/mol. The first-order valence-electron chi connectivity index (χ1n) is 7.32. The largest absolute Gasteiger partial charge is 0.352 e. The Bertz CT molecular complexity index is 551. The van der Waals surface area contributed by atoms with Crippen LogP contribution in [0.1, 0.15) is 38.3 Å². The van der Waals surface area contributed by atoms with Crippen LogP contribution in [0.25, 0.3) is 0 Å². The van der Waals surface area contributed by atoms with E-state index in [0.717, 1.165) is 31.4 Å². The van der Waals surface area contributed by atoms with Gasteiger partial charge in [0.15, 0.2) is 0 Å². The van der Waals surface area contributed by atoms with Gasteiger partial charge in [-0.2, -0.15) is 4.31 Å². The molecule has 1 atom stereocenters. The molecular weight excluding hydrogens is 274 g/mol. The van der Waals surface area contributed by atoms with E-state index in [-0.39, 0.29) is 6.04 Å². The van der Waals surface area contributed by atoms with Crippen molar-refractivity contribution in [3.05, 3.63) is 18.0 Å². The molecule has 2 rings (SSSR count). The molecule has 0 aromatic carbocycles. The molecule has 1 aliphatic heterocycles. The van der Waals surface area contributed by atoms with Crippen LogP contribution in [0.2, 0.25) is 0 Å². The maximum atomic E-state index is 12.8. The molecule has 114 valence electrons. The second-order valence-corrected chi connectivity index (χ2v) is 7.37. The smallest absolute Gasteiger partial charge is 0.244 e. The van der Waals surface area contributed by atoms with E-state index in [1.54, 1.807) is 16.6 Å². The lowest BCUT2D eigenvalue weighted by atomic mass is 10.0. The highest BCUT2D eigenvalue weighted by Crippen LogP contribution is 2.27. The molecule has 1 aromatic rings. The van der Waals surface area contributed by atoms with Gasteiger partial charge in [-0.3, -0.25) is 0 Å². The van der Waals surface area contributed by atoms with Crippen molar-refractivity contribution >= 4 is 10.0 Å². The van der Waals surface area contributed by atoms with E-state index in [2.05, 4.69) is 12.2 Å². The Morgan fingerprint density at radius 3 is 2.80 bits per heavy atom. The van der Waals surface area contributed by atoms with Crippen molar-refractivity contribution < 1.29 is 8.42 Å². The molecule has 20 heavy (non-hydrogen) atoms. The van der Waals surface area contributed by atoms with Crippen LogP contribution in [-0.2, 0) is 23.6 Å². The molecule has 0 radical (unpaired) electrons. The zero-order valence-corrected chi connectivity index (χ0v) is 13.4. The van der Waals surface area contributed by atoms with Crippen LogP contribution in [0, 0.1) is 0 Å². The summed E-state index contributed by atoms with van der Waals surface area (Å²) in [6.45, 7) is 3.39. The van der Waals surface area contributed by atoms with Gasteiger partial charge in [-0.15, -0.1) is 0 Å². The third-order valence-corrected chi connectivity index (χ3v) is 6.01. The Morgan fingerprint density at radius 2 is 2.15 bits per heavy atom. The molecule has 0 aliphatic carbocycles. The van der Waals surface area contributed by atoms with Gasteiger partial charge in [0, 0.05) is 38.1 Å². The Balaban J connectivity index is 2.31. The number of hydrogen-bond donors (Lipinski definition) is 1. The molecule has 1 unspecified atom stereocenters. The summed E-state index contributed by atoms with van der Waals surface area (Å²) in [6, 6.07) is 1.94. The second kappa shape index (κ2) is 6.28. The number of hydrogen-bond acceptors (Lipinski definition) is 3. The highest BCUT2D eigenvalue weighted by Gasteiger charge is 2.33. The standard InChI is InChI=1S/C14H25N3O2S/c1-4-12-7-5-6-8-17(12)20(18,19)14-9-13(10-15-2)16(3)11-14/h9,11-12,15H,4-8,10H2,1-3H3. The number of aryl methyl sites for hydroxylation is 1. The first-order chi connectivity index (χ1) is 9.50. The molecule has 2 heterocycles. The fraction of sp³-hybridized carbons (Fsp3) is 0.714. The zero-order valence-electron chi connectivity index (χ0n) is 12.6. The van der Waals surface area contributed by atoms with Gasteiger partial charge in [0.25, 0.3) is 0 Å². The molecule has 0 saturated carbocycles. The van der Waals surface area contributed by atoms with Crippen molar-refractivity contribution in [2.24, 2.45) is 7.05 Å². The van der Waals surface area contributed by atoms with Crippen molar-refractivity contribution in [3.63, 3.8) is 0 Å². The fourth-order valence-corrected chi connectivity index (χ4v) is 4.77. The monoisotopic (exact) mass is 299 g/mol. The Morgan fingerprint density at radius 1 is 1.40 bits per heavy atom. The summed E-state index contributed by atoms with van der Waals surface area (Å²) in [5, 5.41) is 3.06. The van der Waals surface area contributed by atoms with E-state index < -0.39 is 10.0 Å². The summed E-state index contributed by atoms with van der Waals surface area (Å²) in [7, 11) is 0.390. The molecule has 5 nitrogen and oxygen atoms in total. The number of rotatable bonds is 5. The minimum atomic E-state index is -3.36. The minimum absolute atomic E-state index is 0.154. The highest BCUT2D eigenvalue weighted by atomic mass is 32.2. The maximum absolute atomic E-state index is 12.8. The predicted octanol–water partition coefficient (Wildman–Crippen LogP) is 1.70. The predicted molar refractivity (Wildman–Crippen MR) is 80.0 cm³/mol. The van der Waals surface area contributed by atoms with Crippen LogP contribution in [0.3, 0.4) is 0 Å². The van der Waals surface area contributed by atoms with Gasteiger partial charge >= 0.3 is 0 Å². The molecule has 1 aliphatic rings. The quantitative estimate of drug-likeness (QED) is 0.900. The summed E-state index contributed by atoms with van der Waals surface area (Å²) in [5.41, 5.74) is 0.983. The van der Waals surface area contributed by atoms with Crippen LogP contribution in [0.5, 0.6) is 0 Å². The molecule has 0 spiro atoms. The number of aromatic nitrogens is 1. The van der Waals surface area contributed by atoms with Crippen molar-refractivity contribution in [1.82, 2.24) is 14.2 Å². The lowest BCUT2D eigenvalue weighted by Gasteiger charge is -2.33. The van der Waals surface area contributed by atoms with Gasteiger partial charge in [-0.05, 0) is 32.4 Å². The minimum Gasteiger partial charge on any atom is -0.352 e. The van der Waals surface area contributed by atoms with E-state index in [1.807, 2.05) is 18.7 Å². The van der Waals surface area contributed by atoms with Crippen LogP contribution < -0.4 is 5.32 Å². The van der Waals surface area contributed by atoms with E-state index in [1.165, 1.54) is 0 Å². The molecular formula is C14H25N3O2S. The fourth-order valence-electron chi connectivity index (χ4n) is 2.91. The van der Waals surface area contributed by atoms with Crippen LogP contribution in [-0.4, -0.2) is 36.9 Å². The maximum Gasteiger partial charge on any atom is 0.244 e. The number of nitrogens with zero attached hydrogens (tertiary/aromatic N) is 2. The first kappa shape index (κ1) is 15.5. The molecule has 1 aromatic heterocycles. The van der Waals surface area contributed by atoms with Crippen molar-refractivity contribution in [1.29, 1.82) is 0 Å². The second-order valence-electron chi connectivity index (χ2n) is 5.48. The molecule has 1 N–H and O–H groups in total. The third kappa shape index (κ3) is 2.92. The number of piperidine rings is 1. The summed E-state index contributed by atoms with van der Waals surface area (Å²) in [4.78, 5) is 0.422. The van der Waals surface area contributed by atoms with Crippen LogP contribution >= 0.6 is 0 Å². The summed E-state index contributed by atoms with van der Waals surface area (Å²) in [5.74, 6) is 0. The van der Waals surface area contributed by atoms with Crippen LogP contribution in [0.15, 0.2) is 17.2 Å². The Kier molecular flexibility index (Phi) is 4.88. The summed E-state index contributed by atoms with van der Waals surface area (Å²) in [6.07, 6.45) is 5.68. The molecule has 1 fully saturated rings.